The number of ketones is 1. The summed E-state index contributed by atoms with van der Waals surface area (Å²) in [6, 6.07) is 27.1. The molecule has 0 fully saturated rings. The molecule has 0 radical (unpaired) electrons. The molecule has 0 aliphatic rings. The number of thiazole rings is 1. The Balaban J connectivity index is 1.32. The quantitative estimate of drug-likeness (QED) is 0.307. The summed E-state index contributed by atoms with van der Waals surface area (Å²) in [6.07, 6.45) is 1.20. The molecule has 0 bridgehead atoms. The van der Waals surface area contributed by atoms with E-state index in [9.17, 15) is 9.59 Å². The number of hydrogen-bond donors (Lipinski definition) is 1. The molecule has 1 heterocycles. The molecule has 0 aliphatic carbocycles. The molecule has 1 N–H and O–H groups in total. The molecule has 0 spiro atoms. The van der Waals surface area contributed by atoms with Crippen molar-refractivity contribution < 1.29 is 9.59 Å². The molecule has 32 heavy (non-hydrogen) atoms. The maximum absolute atomic E-state index is 12.3. The van der Waals surface area contributed by atoms with Crippen molar-refractivity contribution in [3.05, 3.63) is 95.4 Å². The molecule has 4 aromatic rings. The largest absolute Gasteiger partial charge is 0.326 e. The highest BCUT2D eigenvalue weighted by Gasteiger charge is 2.12. The van der Waals surface area contributed by atoms with Crippen LogP contribution in [0.3, 0.4) is 0 Å². The molecular weight excluding hydrogens is 416 g/mol. The summed E-state index contributed by atoms with van der Waals surface area (Å²) < 4.78 is 0. The third-order valence-corrected chi connectivity index (χ3v) is 6.18. The Bertz CT molecular complexity index is 1200. The van der Waals surface area contributed by atoms with E-state index in [1.165, 1.54) is 0 Å². The monoisotopic (exact) mass is 440 g/mol. The fourth-order valence-electron chi connectivity index (χ4n) is 3.48. The Morgan fingerprint density at radius 2 is 1.47 bits per heavy atom. The first-order chi connectivity index (χ1) is 15.6. The first-order valence-electron chi connectivity index (χ1n) is 10.6. The van der Waals surface area contributed by atoms with Gasteiger partial charge in [-0.1, -0.05) is 72.8 Å². The first-order valence-corrected chi connectivity index (χ1v) is 11.4. The normalized spacial score (nSPS) is 10.7. The number of aryl methyl sites for hydroxylation is 1. The molecule has 4 nitrogen and oxygen atoms in total. The maximum atomic E-state index is 12.3. The van der Waals surface area contributed by atoms with E-state index >= 15 is 0 Å². The third kappa shape index (κ3) is 5.37. The van der Waals surface area contributed by atoms with Crippen LogP contribution in [0.25, 0.3) is 21.8 Å². The maximum Gasteiger partial charge on any atom is 0.224 e. The van der Waals surface area contributed by atoms with E-state index in [-0.39, 0.29) is 11.7 Å². The van der Waals surface area contributed by atoms with Crippen molar-refractivity contribution in [3.8, 4) is 21.8 Å². The SMILES string of the molecule is Cc1sc(-c2ccccc2)nc1-c1ccc(NC(=O)CCCC(=O)c2ccccc2)cc1. The molecule has 4 rings (SSSR count). The van der Waals surface area contributed by atoms with Gasteiger partial charge < -0.3 is 5.32 Å². The van der Waals surface area contributed by atoms with Gasteiger partial charge in [-0.15, -0.1) is 11.3 Å². The summed E-state index contributed by atoms with van der Waals surface area (Å²) in [7, 11) is 0. The van der Waals surface area contributed by atoms with Gasteiger partial charge >= 0.3 is 0 Å². The lowest BCUT2D eigenvalue weighted by Crippen LogP contribution is -2.12. The van der Waals surface area contributed by atoms with Crippen molar-refractivity contribution in [2.45, 2.75) is 26.2 Å². The topological polar surface area (TPSA) is 59.1 Å². The van der Waals surface area contributed by atoms with Gasteiger partial charge in [-0.2, -0.15) is 0 Å². The summed E-state index contributed by atoms with van der Waals surface area (Å²) in [6.45, 7) is 2.08. The smallest absolute Gasteiger partial charge is 0.224 e. The van der Waals surface area contributed by atoms with Crippen LogP contribution >= 0.6 is 11.3 Å². The van der Waals surface area contributed by atoms with Crippen LogP contribution in [0.15, 0.2) is 84.9 Å². The van der Waals surface area contributed by atoms with E-state index in [2.05, 4.69) is 24.4 Å². The zero-order valence-electron chi connectivity index (χ0n) is 17.9. The number of rotatable bonds is 8. The summed E-state index contributed by atoms with van der Waals surface area (Å²) in [5.74, 6) is -0.0222. The van der Waals surface area contributed by atoms with Crippen molar-refractivity contribution in [3.63, 3.8) is 0 Å². The molecular formula is C27H24N2O2S. The molecule has 3 aromatic carbocycles. The van der Waals surface area contributed by atoms with Crippen molar-refractivity contribution in [2.24, 2.45) is 0 Å². The van der Waals surface area contributed by atoms with Gasteiger partial charge in [-0.3, -0.25) is 9.59 Å². The molecule has 1 amide bonds. The van der Waals surface area contributed by atoms with Crippen molar-refractivity contribution >= 4 is 28.7 Å². The number of carbonyl (C=O) groups excluding carboxylic acids is 2. The Kier molecular flexibility index (Phi) is 6.87. The van der Waals surface area contributed by atoms with E-state index in [0.29, 0.717) is 24.8 Å². The zero-order valence-corrected chi connectivity index (χ0v) is 18.7. The second kappa shape index (κ2) is 10.2. The predicted molar refractivity (Wildman–Crippen MR) is 131 cm³/mol. The Hall–Kier alpha value is -3.57. The Morgan fingerprint density at radius 3 is 2.16 bits per heavy atom. The molecule has 5 heteroatoms. The summed E-state index contributed by atoms with van der Waals surface area (Å²) >= 11 is 1.68. The van der Waals surface area contributed by atoms with Crippen LogP contribution in [-0.2, 0) is 4.79 Å². The van der Waals surface area contributed by atoms with Crippen LogP contribution < -0.4 is 5.32 Å². The van der Waals surface area contributed by atoms with Gasteiger partial charge in [0.15, 0.2) is 5.78 Å². The zero-order chi connectivity index (χ0) is 22.3. The van der Waals surface area contributed by atoms with Crippen LogP contribution in [-0.4, -0.2) is 16.7 Å². The highest BCUT2D eigenvalue weighted by atomic mass is 32.1. The van der Waals surface area contributed by atoms with E-state index < -0.39 is 0 Å². The number of benzene rings is 3. The molecule has 0 saturated carbocycles. The van der Waals surface area contributed by atoms with Gasteiger partial charge in [0.2, 0.25) is 5.91 Å². The highest BCUT2D eigenvalue weighted by Crippen LogP contribution is 2.33. The van der Waals surface area contributed by atoms with Gasteiger partial charge in [-0.05, 0) is 25.5 Å². The highest BCUT2D eigenvalue weighted by molar-refractivity contribution is 7.15. The summed E-state index contributed by atoms with van der Waals surface area (Å²) in [5.41, 5.74) is 4.53. The molecule has 1 aromatic heterocycles. The second-order valence-corrected chi connectivity index (χ2v) is 8.76. The number of hydrogen-bond acceptors (Lipinski definition) is 4. The van der Waals surface area contributed by atoms with E-state index in [0.717, 1.165) is 32.4 Å². The minimum absolute atomic E-state index is 0.0660. The lowest BCUT2D eigenvalue weighted by Gasteiger charge is -2.06. The average molecular weight is 441 g/mol. The van der Waals surface area contributed by atoms with Crippen molar-refractivity contribution in [2.75, 3.05) is 5.32 Å². The van der Waals surface area contributed by atoms with Gasteiger partial charge in [0.25, 0.3) is 0 Å². The van der Waals surface area contributed by atoms with Gasteiger partial charge in [-0.25, -0.2) is 4.98 Å². The summed E-state index contributed by atoms with van der Waals surface area (Å²) in [5, 5.41) is 3.91. The van der Waals surface area contributed by atoms with Crippen molar-refractivity contribution in [1.82, 2.24) is 4.98 Å². The van der Waals surface area contributed by atoms with Gasteiger partial charge in [0.1, 0.15) is 5.01 Å². The van der Waals surface area contributed by atoms with Crippen LogP contribution in [0.1, 0.15) is 34.5 Å². The number of nitrogens with zero attached hydrogens (tertiary/aromatic N) is 1. The molecule has 0 atom stereocenters. The Labute approximate surface area is 192 Å². The minimum Gasteiger partial charge on any atom is -0.326 e. The van der Waals surface area contributed by atoms with Crippen molar-refractivity contribution in [1.29, 1.82) is 0 Å². The standard InChI is InChI=1S/C27H24N2O2S/c1-19-26(29-27(32-19)22-11-6-3-7-12-22)21-15-17-23(18-16-21)28-25(31)14-8-13-24(30)20-9-4-2-5-10-20/h2-7,9-12,15-18H,8,13-14H2,1H3,(H,28,31). The average Bonchev–Trinajstić information content (AvgIpc) is 3.22. The number of anilines is 1. The lowest BCUT2D eigenvalue weighted by molar-refractivity contribution is -0.116. The van der Waals surface area contributed by atoms with Crippen LogP contribution in [0.2, 0.25) is 0 Å². The molecule has 0 unspecified atom stereocenters. The van der Waals surface area contributed by atoms with Gasteiger partial charge in [0, 0.05) is 40.1 Å². The van der Waals surface area contributed by atoms with E-state index in [1.54, 1.807) is 23.5 Å². The molecule has 160 valence electrons. The van der Waals surface area contributed by atoms with Crippen LogP contribution in [0.4, 0.5) is 5.69 Å². The van der Waals surface area contributed by atoms with E-state index in [1.807, 2.05) is 60.7 Å². The third-order valence-electron chi connectivity index (χ3n) is 5.16. The fourth-order valence-corrected chi connectivity index (χ4v) is 4.42. The van der Waals surface area contributed by atoms with E-state index in [4.69, 9.17) is 4.98 Å². The number of nitrogens with one attached hydrogen (secondary N) is 1. The fraction of sp³-hybridized carbons (Fsp3) is 0.148. The van der Waals surface area contributed by atoms with Crippen LogP contribution in [0, 0.1) is 6.92 Å². The number of aromatic nitrogens is 1. The number of amides is 1. The predicted octanol–water partition coefficient (Wildman–Crippen LogP) is 6.78. The second-order valence-electron chi connectivity index (χ2n) is 7.56. The van der Waals surface area contributed by atoms with Crippen LogP contribution in [0.5, 0.6) is 0 Å². The first kappa shape index (κ1) is 21.7. The molecule has 0 aliphatic heterocycles. The minimum atomic E-state index is -0.0881. The number of Topliss-reactive ketones (excluding diaryl/α,β-unsaturated/α-hetero) is 1. The van der Waals surface area contributed by atoms with Gasteiger partial charge in [0.05, 0.1) is 5.69 Å². The lowest BCUT2D eigenvalue weighted by atomic mass is 10.1. The molecule has 0 saturated heterocycles. The Morgan fingerprint density at radius 1 is 0.812 bits per heavy atom. The summed E-state index contributed by atoms with van der Waals surface area (Å²) in [4.78, 5) is 30.4. The number of carbonyl (C=O) groups is 2.